The zero-order chi connectivity index (χ0) is 20.4. The summed E-state index contributed by atoms with van der Waals surface area (Å²) in [6, 6.07) is 8.26. The third kappa shape index (κ3) is 10.5. The fourth-order valence-corrected chi connectivity index (χ4v) is 2.73. The number of ether oxygens (including phenoxy) is 2. The van der Waals surface area contributed by atoms with Gasteiger partial charge in [0.15, 0.2) is 0 Å². The van der Waals surface area contributed by atoms with E-state index in [-0.39, 0.29) is 17.5 Å². The van der Waals surface area contributed by atoms with Crippen LogP contribution in [0.15, 0.2) is 30.3 Å². The molecule has 0 aliphatic carbocycles. The van der Waals surface area contributed by atoms with Crippen molar-refractivity contribution in [3.8, 4) is 0 Å². The van der Waals surface area contributed by atoms with E-state index in [1.165, 1.54) is 0 Å². The molecule has 0 aliphatic heterocycles. The molecule has 150 valence electrons. The molecular weight excluding hydrogens is 368 g/mol. The maximum absolute atomic E-state index is 12.4. The Balaban J connectivity index is 2.60. The number of nitrogens with one attached hydrogen (secondary N) is 2. The van der Waals surface area contributed by atoms with Gasteiger partial charge < -0.3 is 14.8 Å². The largest absolute Gasteiger partial charge is 0.444 e. The number of carbonyl (C=O) groups excluding carboxylic acids is 3. The van der Waals surface area contributed by atoms with Crippen LogP contribution in [0.25, 0.3) is 0 Å². The summed E-state index contributed by atoms with van der Waals surface area (Å²) in [6.45, 7) is 5.26. The van der Waals surface area contributed by atoms with E-state index >= 15 is 0 Å². The highest BCUT2D eigenvalue weighted by Gasteiger charge is 2.27. The van der Waals surface area contributed by atoms with Gasteiger partial charge in [-0.3, -0.25) is 10.1 Å². The van der Waals surface area contributed by atoms with E-state index in [0.717, 1.165) is 11.3 Å². The van der Waals surface area contributed by atoms with Crippen molar-refractivity contribution in [3.05, 3.63) is 35.9 Å². The summed E-state index contributed by atoms with van der Waals surface area (Å²) in [5.74, 6) is 0.108. The number of imide groups is 1. The predicted molar refractivity (Wildman–Crippen MR) is 107 cm³/mol. The van der Waals surface area contributed by atoms with Crippen molar-refractivity contribution in [1.82, 2.24) is 10.6 Å². The van der Waals surface area contributed by atoms with Gasteiger partial charge in [-0.05, 0) is 37.2 Å². The van der Waals surface area contributed by atoms with E-state index < -0.39 is 29.7 Å². The monoisotopic (exact) mass is 397 g/mol. The van der Waals surface area contributed by atoms with Crippen LogP contribution < -0.4 is 10.6 Å². The lowest BCUT2D eigenvalue weighted by Gasteiger charge is -2.22. The molecule has 3 amide bonds. The van der Waals surface area contributed by atoms with Crippen molar-refractivity contribution >= 4 is 29.0 Å². The first kappa shape index (κ1) is 22.8. The number of benzene rings is 1. The van der Waals surface area contributed by atoms with Gasteiger partial charge in [-0.15, -0.1) is 0 Å². The molecular formula is C19H29N2O5S+. The highest BCUT2D eigenvalue weighted by atomic mass is 32.2. The van der Waals surface area contributed by atoms with E-state index in [1.54, 1.807) is 20.8 Å². The molecule has 27 heavy (non-hydrogen) atoms. The Bertz CT molecular complexity index is 629. The SMILES string of the molecule is C[S+](C)CCC(NC(=O)OC(C)(C)C)C(=O)NC(=O)OCc1ccccc1. The van der Waals surface area contributed by atoms with E-state index in [0.29, 0.717) is 6.42 Å². The summed E-state index contributed by atoms with van der Waals surface area (Å²) in [4.78, 5) is 36.3. The Morgan fingerprint density at radius 2 is 1.70 bits per heavy atom. The molecule has 1 atom stereocenters. The van der Waals surface area contributed by atoms with E-state index in [2.05, 4.69) is 10.6 Å². The Labute approximate surface area is 163 Å². The van der Waals surface area contributed by atoms with Crippen LogP contribution >= 0.6 is 0 Å². The predicted octanol–water partition coefficient (Wildman–Crippen LogP) is 2.60. The maximum atomic E-state index is 12.4. The van der Waals surface area contributed by atoms with Gasteiger partial charge in [0.05, 0.1) is 12.5 Å². The lowest BCUT2D eigenvalue weighted by atomic mass is 10.2. The average molecular weight is 398 g/mol. The number of alkyl carbamates (subject to hydrolysis) is 2. The quantitative estimate of drug-likeness (QED) is 0.690. The highest BCUT2D eigenvalue weighted by Crippen LogP contribution is 2.08. The third-order valence-corrected chi connectivity index (χ3v) is 4.31. The maximum Gasteiger partial charge on any atom is 0.414 e. The first-order chi connectivity index (χ1) is 12.6. The van der Waals surface area contributed by atoms with Crippen molar-refractivity contribution < 1.29 is 23.9 Å². The van der Waals surface area contributed by atoms with Crippen LogP contribution in [0.2, 0.25) is 0 Å². The normalized spacial score (nSPS) is 12.2. The van der Waals surface area contributed by atoms with Gasteiger partial charge in [0.1, 0.15) is 24.0 Å². The number of rotatable bonds is 7. The number of hydrogen-bond donors (Lipinski definition) is 2. The number of carbonyl (C=O) groups is 3. The van der Waals surface area contributed by atoms with Crippen LogP contribution in [-0.2, 0) is 31.8 Å². The molecule has 0 bridgehead atoms. The molecule has 0 heterocycles. The lowest BCUT2D eigenvalue weighted by molar-refractivity contribution is -0.122. The first-order valence-electron chi connectivity index (χ1n) is 8.62. The molecule has 0 saturated heterocycles. The second kappa shape index (κ2) is 10.8. The molecule has 8 heteroatoms. The Kier molecular flexibility index (Phi) is 9.14. The zero-order valence-corrected chi connectivity index (χ0v) is 17.4. The molecule has 0 aromatic heterocycles. The second-order valence-electron chi connectivity index (χ2n) is 7.23. The van der Waals surface area contributed by atoms with Crippen molar-refractivity contribution in [2.75, 3.05) is 18.3 Å². The second-order valence-corrected chi connectivity index (χ2v) is 9.61. The van der Waals surface area contributed by atoms with E-state index in [9.17, 15) is 14.4 Å². The Hall–Kier alpha value is -2.22. The van der Waals surface area contributed by atoms with Crippen LogP contribution in [0.1, 0.15) is 32.8 Å². The van der Waals surface area contributed by atoms with Gasteiger partial charge in [-0.2, -0.15) is 0 Å². The van der Waals surface area contributed by atoms with E-state index in [1.807, 2.05) is 42.8 Å². The molecule has 0 aliphatic rings. The van der Waals surface area contributed by atoms with Gasteiger partial charge in [-0.1, -0.05) is 30.3 Å². The summed E-state index contributed by atoms with van der Waals surface area (Å²) in [6.07, 6.45) is 2.92. The standard InChI is InChI=1S/C19H28N2O5S/c1-19(2,3)26-18(24)20-15(11-12-27(4)5)16(22)21-17(23)25-13-14-9-7-6-8-10-14/h6-10,15H,11-13H2,1-5H3,(H-,20,21,22,23,24)/p+1. The molecule has 1 unspecified atom stereocenters. The molecule has 0 spiro atoms. The lowest BCUT2D eigenvalue weighted by Crippen LogP contribution is -2.50. The molecule has 7 nitrogen and oxygen atoms in total. The summed E-state index contributed by atoms with van der Waals surface area (Å²) in [7, 11) is 0.0841. The molecule has 0 radical (unpaired) electrons. The minimum atomic E-state index is -0.876. The molecule has 1 rings (SSSR count). The average Bonchev–Trinajstić information content (AvgIpc) is 2.55. The number of hydrogen-bond acceptors (Lipinski definition) is 5. The topological polar surface area (TPSA) is 93.7 Å². The number of amides is 3. The van der Waals surface area contributed by atoms with Crippen LogP contribution in [0.3, 0.4) is 0 Å². The van der Waals surface area contributed by atoms with Gasteiger partial charge in [0, 0.05) is 6.42 Å². The Morgan fingerprint density at radius 1 is 1.07 bits per heavy atom. The summed E-state index contributed by atoms with van der Waals surface area (Å²) < 4.78 is 10.2. The minimum absolute atomic E-state index is 0.0531. The fourth-order valence-electron chi connectivity index (χ4n) is 2.02. The van der Waals surface area contributed by atoms with Crippen molar-refractivity contribution in [2.45, 2.75) is 45.4 Å². The third-order valence-electron chi connectivity index (χ3n) is 3.26. The molecule has 2 N–H and O–H groups in total. The van der Waals surface area contributed by atoms with E-state index in [4.69, 9.17) is 9.47 Å². The van der Waals surface area contributed by atoms with Crippen molar-refractivity contribution in [1.29, 1.82) is 0 Å². The molecule has 0 fully saturated rings. The van der Waals surface area contributed by atoms with Gasteiger partial charge >= 0.3 is 12.2 Å². The van der Waals surface area contributed by atoms with Gasteiger partial charge in [0.2, 0.25) is 0 Å². The summed E-state index contributed by atoms with van der Waals surface area (Å²) >= 11 is 0. The summed E-state index contributed by atoms with van der Waals surface area (Å²) in [5.41, 5.74) is 0.129. The van der Waals surface area contributed by atoms with Crippen LogP contribution in [0, 0.1) is 0 Å². The minimum Gasteiger partial charge on any atom is -0.444 e. The van der Waals surface area contributed by atoms with Gasteiger partial charge in [0.25, 0.3) is 5.91 Å². The highest BCUT2D eigenvalue weighted by molar-refractivity contribution is 7.95. The summed E-state index contributed by atoms with van der Waals surface area (Å²) in [5, 5.41) is 4.71. The fraction of sp³-hybridized carbons (Fsp3) is 0.526. The van der Waals surface area contributed by atoms with Crippen LogP contribution in [0.4, 0.5) is 9.59 Å². The van der Waals surface area contributed by atoms with Crippen LogP contribution in [-0.4, -0.2) is 48.0 Å². The molecule has 1 aromatic rings. The van der Waals surface area contributed by atoms with Crippen LogP contribution in [0.5, 0.6) is 0 Å². The smallest absolute Gasteiger partial charge is 0.414 e. The van der Waals surface area contributed by atoms with Gasteiger partial charge in [-0.25, -0.2) is 9.59 Å². The van der Waals surface area contributed by atoms with Crippen molar-refractivity contribution in [2.24, 2.45) is 0 Å². The van der Waals surface area contributed by atoms with Crippen molar-refractivity contribution in [3.63, 3.8) is 0 Å². The Morgan fingerprint density at radius 3 is 2.26 bits per heavy atom. The molecule has 0 saturated carbocycles. The zero-order valence-electron chi connectivity index (χ0n) is 16.5. The molecule has 1 aromatic carbocycles. The first-order valence-corrected chi connectivity index (χ1v) is 10.8.